The van der Waals surface area contributed by atoms with Crippen molar-refractivity contribution in [2.75, 3.05) is 33.8 Å². The third-order valence-corrected chi connectivity index (χ3v) is 3.95. The van der Waals surface area contributed by atoms with Gasteiger partial charge in [0.25, 0.3) is 0 Å². The lowest BCUT2D eigenvalue weighted by atomic mass is 10.1. The van der Waals surface area contributed by atoms with Crippen LogP contribution in [0.5, 0.6) is 11.5 Å². The maximum atomic E-state index is 5.84. The van der Waals surface area contributed by atoms with Crippen LogP contribution in [0.1, 0.15) is 25.0 Å². The molecule has 0 radical (unpaired) electrons. The first-order chi connectivity index (χ1) is 11.0. The fraction of sp³-hybridized carbons (Fsp3) is 0.588. The Kier molecular flexibility index (Phi) is 6.47. The molecule has 2 rings (SSSR count). The highest BCUT2D eigenvalue weighted by Gasteiger charge is 2.21. The molecule has 5 nitrogen and oxygen atoms in total. The van der Waals surface area contributed by atoms with Crippen LogP contribution >= 0.6 is 12.2 Å². The van der Waals surface area contributed by atoms with Crippen LogP contribution in [0.2, 0.25) is 0 Å². The first kappa shape index (κ1) is 17.8. The van der Waals surface area contributed by atoms with Gasteiger partial charge in [0.05, 0.1) is 6.61 Å². The molecule has 1 heterocycles. The number of nitrogens with zero attached hydrogens (tertiary/aromatic N) is 1. The monoisotopic (exact) mass is 337 g/mol. The average Bonchev–Trinajstić information content (AvgIpc) is 2.83. The predicted octanol–water partition coefficient (Wildman–Crippen LogP) is 1.93. The van der Waals surface area contributed by atoms with Gasteiger partial charge in [-0.15, -0.1) is 0 Å². The van der Waals surface area contributed by atoms with Crippen molar-refractivity contribution in [2.24, 2.45) is 0 Å². The van der Waals surface area contributed by atoms with Gasteiger partial charge >= 0.3 is 0 Å². The van der Waals surface area contributed by atoms with Crippen molar-refractivity contribution >= 4 is 17.3 Å². The standard InChI is InChI=1S/C17H27N3O2S/c1-5-21-15-9-13-8-12(2)22-16(13)10-14(15)11-19-17(23)18-6-7-20(3)4/h9-10,12H,5-8,11H2,1-4H3,(H2,18,19,23)/t12-/m0/s1. The SMILES string of the molecule is CCOc1cc2c(cc1CNC(=S)NCCN(C)C)O[C@@H](C)C2. The molecule has 23 heavy (non-hydrogen) atoms. The number of ether oxygens (including phenoxy) is 2. The number of nitrogens with one attached hydrogen (secondary N) is 2. The minimum atomic E-state index is 0.233. The first-order valence-corrected chi connectivity index (χ1v) is 8.52. The van der Waals surface area contributed by atoms with E-state index >= 15 is 0 Å². The van der Waals surface area contributed by atoms with Crippen LogP contribution in [0.25, 0.3) is 0 Å². The molecule has 0 unspecified atom stereocenters. The summed E-state index contributed by atoms with van der Waals surface area (Å²) in [5, 5.41) is 7.10. The summed E-state index contributed by atoms with van der Waals surface area (Å²) < 4.78 is 11.6. The smallest absolute Gasteiger partial charge is 0.166 e. The Hall–Kier alpha value is -1.53. The predicted molar refractivity (Wildman–Crippen MR) is 97.4 cm³/mol. The van der Waals surface area contributed by atoms with E-state index in [1.165, 1.54) is 5.56 Å². The molecule has 1 aliphatic heterocycles. The average molecular weight is 337 g/mol. The maximum Gasteiger partial charge on any atom is 0.166 e. The van der Waals surface area contributed by atoms with Crippen LogP contribution in [0.15, 0.2) is 12.1 Å². The molecule has 0 amide bonds. The first-order valence-electron chi connectivity index (χ1n) is 8.11. The zero-order valence-corrected chi connectivity index (χ0v) is 15.3. The topological polar surface area (TPSA) is 45.8 Å². The number of hydrogen-bond donors (Lipinski definition) is 2. The van der Waals surface area contributed by atoms with Gasteiger partial charge in [-0.3, -0.25) is 0 Å². The third-order valence-electron chi connectivity index (χ3n) is 3.66. The molecule has 0 saturated carbocycles. The van der Waals surface area contributed by atoms with Crippen molar-refractivity contribution in [2.45, 2.75) is 32.9 Å². The van der Waals surface area contributed by atoms with E-state index in [4.69, 9.17) is 21.7 Å². The summed E-state index contributed by atoms with van der Waals surface area (Å²) >= 11 is 5.32. The number of rotatable bonds is 7. The lowest BCUT2D eigenvalue weighted by Gasteiger charge is -2.16. The van der Waals surface area contributed by atoms with E-state index in [1.807, 2.05) is 21.0 Å². The second kappa shape index (κ2) is 8.36. The van der Waals surface area contributed by atoms with Crippen molar-refractivity contribution in [3.05, 3.63) is 23.3 Å². The van der Waals surface area contributed by atoms with E-state index in [2.05, 4.69) is 34.6 Å². The van der Waals surface area contributed by atoms with Crippen molar-refractivity contribution in [1.82, 2.24) is 15.5 Å². The highest BCUT2D eigenvalue weighted by molar-refractivity contribution is 7.80. The van der Waals surface area contributed by atoms with Crippen LogP contribution in [0, 0.1) is 0 Å². The molecule has 0 aromatic heterocycles. The van der Waals surface area contributed by atoms with Crippen molar-refractivity contribution in [3.8, 4) is 11.5 Å². The van der Waals surface area contributed by atoms with Gasteiger partial charge in [0.2, 0.25) is 0 Å². The molecule has 0 spiro atoms. The Morgan fingerprint density at radius 2 is 2.17 bits per heavy atom. The van der Waals surface area contributed by atoms with E-state index in [1.54, 1.807) is 0 Å². The van der Waals surface area contributed by atoms with Gasteiger partial charge in [-0.25, -0.2) is 0 Å². The molecule has 0 saturated heterocycles. The summed E-state index contributed by atoms with van der Waals surface area (Å²) in [5.74, 6) is 1.87. The number of fused-ring (bicyclic) bond motifs is 1. The Balaban J connectivity index is 1.96. The Bertz CT molecular complexity index is 549. The summed E-state index contributed by atoms with van der Waals surface area (Å²) in [6.07, 6.45) is 1.17. The zero-order valence-electron chi connectivity index (χ0n) is 14.4. The molecule has 1 aromatic rings. The fourth-order valence-corrected chi connectivity index (χ4v) is 2.71. The van der Waals surface area contributed by atoms with Crippen LogP contribution in [-0.4, -0.2) is 49.9 Å². The fourth-order valence-electron chi connectivity index (χ4n) is 2.54. The third kappa shape index (κ3) is 5.25. The van der Waals surface area contributed by atoms with Crippen LogP contribution in [0.4, 0.5) is 0 Å². The molecule has 1 atom stereocenters. The molecule has 0 fully saturated rings. The number of likely N-dealkylation sites (N-methyl/N-ethyl adjacent to an activating group) is 1. The lowest BCUT2D eigenvalue weighted by molar-refractivity contribution is 0.254. The van der Waals surface area contributed by atoms with Crippen molar-refractivity contribution < 1.29 is 9.47 Å². The quantitative estimate of drug-likeness (QED) is 0.742. The summed E-state index contributed by atoms with van der Waals surface area (Å²) in [7, 11) is 4.08. The Labute approximate surface area is 144 Å². The lowest BCUT2D eigenvalue weighted by Crippen LogP contribution is -2.38. The number of thiocarbonyl (C=S) groups is 1. The largest absolute Gasteiger partial charge is 0.494 e. The van der Waals surface area contributed by atoms with Gasteiger partial charge in [0.1, 0.15) is 17.6 Å². The highest BCUT2D eigenvalue weighted by Crippen LogP contribution is 2.35. The van der Waals surface area contributed by atoms with Crippen LogP contribution in [0.3, 0.4) is 0 Å². The molecular weight excluding hydrogens is 310 g/mol. The van der Waals surface area contributed by atoms with E-state index < -0.39 is 0 Å². The van der Waals surface area contributed by atoms with E-state index in [0.29, 0.717) is 18.3 Å². The highest BCUT2D eigenvalue weighted by atomic mass is 32.1. The summed E-state index contributed by atoms with van der Waals surface area (Å²) in [6.45, 7) is 7.11. The summed E-state index contributed by atoms with van der Waals surface area (Å²) in [4.78, 5) is 2.11. The van der Waals surface area contributed by atoms with Crippen LogP contribution < -0.4 is 20.1 Å². The van der Waals surface area contributed by atoms with Crippen molar-refractivity contribution in [1.29, 1.82) is 0 Å². The van der Waals surface area contributed by atoms with Gasteiger partial charge in [-0.2, -0.15) is 0 Å². The van der Waals surface area contributed by atoms with Crippen LogP contribution in [-0.2, 0) is 13.0 Å². The molecule has 0 aliphatic carbocycles. The van der Waals surface area contributed by atoms with Crippen molar-refractivity contribution in [3.63, 3.8) is 0 Å². The molecule has 2 N–H and O–H groups in total. The second-order valence-electron chi connectivity index (χ2n) is 6.05. The molecular formula is C17H27N3O2S. The number of benzene rings is 1. The Morgan fingerprint density at radius 1 is 1.39 bits per heavy atom. The van der Waals surface area contributed by atoms with Gasteiger partial charge in [0.15, 0.2) is 5.11 Å². The maximum absolute atomic E-state index is 5.84. The van der Waals surface area contributed by atoms with Gasteiger partial charge in [-0.05, 0) is 52.3 Å². The summed E-state index contributed by atoms with van der Waals surface area (Å²) in [6, 6.07) is 4.17. The summed E-state index contributed by atoms with van der Waals surface area (Å²) in [5.41, 5.74) is 2.29. The zero-order chi connectivity index (χ0) is 16.8. The molecule has 128 valence electrons. The van der Waals surface area contributed by atoms with Gasteiger partial charge < -0.3 is 25.0 Å². The molecule has 0 bridgehead atoms. The normalized spacial score (nSPS) is 16.0. The molecule has 1 aliphatic rings. The Morgan fingerprint density at radius 3 is 2.87 bits per heavy atom. The number of hydrogen-bond acceptors (Lipinski definition) is 4. The van der Waals surface area contributed by atoms with Gasteiger partial charge in [-0.1, -0.05) is 0 Å². The van der Waals surface area contributed by atoms with Gasteiger partial charge in [0, 0.05) is 37.2 Å². The van der Waals surface area contributed by atoms with E-state index in [0.717, 1.165) is 36.6 Å². The second-order valence-corrected chi connectivity index (χ2v) is 6.45. The molecule has 6 heteroatoms. The molecule has 1 aromatic carbocycles. The van der Waals surface area contributed by atoms with E-state index in [9.17, 15) is 0 Å². The minimum Gasteiger partial charge on any atom is -0.494 e. The minimum absolute atomic E-state index is 0.233. The van der Waals surface area contributed by atoms with E-state index in [-0.39, 0.29) is 6.10 Å².